The summed E-state index contributed by atoms with van der Waals surface area (Å²) in [7, 11) is -3.50. The molecule has 0 radical (unpaired) electrons. The van der Waals surface area contributed by atoms with E-state index in [0.29, 0.717) is 37.9 Å². The molecule has 3 unspecified atom stereocenters. The van der Waals surface area contributed by atoms with Crippen LogP contribution in [0.4, 0.5) is 5.69 Å². The largest absolute Gasteiger partial charge is 0.326 e. The van der Waals surface area contributed by atoms with Gasteiger partial charge in [0.15, 0.2) is 0 Å². The number of hydrogen-bond donors (Lipinski definition) is 1. The van der Waals surface area contributed by atoms with E-state index in [4.69, 9.17) is 0 Å². The molecule has 2 aliphatic heterocycles. The van der Waals surface area contributed by atoms with Crippen molar-refractivity contribution in [3.63, 3.8) is 0 Å². The van der Waals surface area contributed by atoms with Crippen molar-refractivity contribution in [2.45, 2.75) is 33.1 Å². The molecule has 0 spiro atoms. The third kappa shape index (κ3) is 4.45. The van der Waals surface area contributed by atoms with Gasteiger partial charge < -0.3 is 5.32 Å². The second kappa shape index (κ2) is 8.06. The Labute approximate surface area is 156 Å². The third-order valence-corrected chi connectivity index (χ3v) is 7.22. The van der Waals surface area contributed by atoms with Crippen LogP contribution in [0.25, 0.3) is 0 Å². The second-order valence-electron chi connectivity index (χ2n) is 7.82. The fourth-order valence-electron chi connectivity index (χ4n) is 4.09. The zero-order valence-electron chi connectivity index (χ0n) is 15.6. The molecule has 2 aliphatic rings. The van der Waals surface area contributed by atoms with Crippen LogP contribution in [0.2, 0.25) is 0 Å². The van der Waals surface area contributed by atoms with E-state index in [0.717, 1.165) is 18.5 Å². The van der Waals surface area contributed by atoms with Gasteiger partial charge in [-0.2, -0.15) is 17.0 Å². The van der Waals surface area contributed by atoms with Gasteiger partial charge in [0.25, 0.3) is 10.2 Å². The lowest BCUT2D eigenvalue weighted by Gasteiger charge is -2.39. The number of rotatable bonds is 4. The summed E-state index contributed by atoms with van der Waals surface area (Å²) >= 11 is 0. The average Bonchev–Trinajstić information content (AvgIpc) is 2.62. The maximum atomic E-state index is 13.1. The maximum Gasteiger partial charge on any atom is 0.282 e. The number of para-hydroxylation sites is 1. The Hall–Kier alpha value is -1.44. The Morgan fingerprint density at radius 2 is 1.69 bits per heavy atom. The molecule has 1 N–H and O–H groups in total. The van der Waals surface area contributed by atoms with E-state index in [1.807, 2.05) is 30.3 Å². The fraction of sp³-hybridized carbons (Fsp3) is 0.632. The van der Waals surface area contributed by atoms with Crippen LogP contribution in [0.5, 0.6) is 0 Å². The van der Waals surface area contributed by atoms with E-state index < -0.39 is 10.2 Å². The summed E-state index contributed by atoms with van der Waals surface area (Å²) in [6.45, 7) is 6.11. The summed E-state index contributed by atoms with van der Waals surface area (Å²) in [6, 6.07) is 9.31. The Kier molecular flexibility index (Phi) is 5.99. The zero-order valence-corrected chi connectivity index (χ0v) is 16.4. The Morgan fingerprint density at radius 1 is 1.04 bits per heavy atom. The minimum atomic E-state index is -3.50. The Balaban J connectivity index is 1.66. The van der Waals surface area contributed by atoms with Crippen LogP contribution in [-0.4, -0.2) is 49.1 Å². The van der Waals surface area contributed by atoms with Crippen molar-refractivity contribution in [3.8, 4) is 0 Å². The average molecular weight is 380 g/mol. The molecule has 144 valence electrons. The van der Waals surface area contributed by atoms with Crippen LogP contribution in [0, 0.1) is 17.8 Å². The lowest BCUT2D eigenvalue weighted by atomic mass is 9.94. The summed E-state index contributed by atoms with van der Waals surface area (Å²) in [4.78, 5) is 12.6. The second-order valence-corrected chi connectivity index (χ2v) is 9.75. The van der Waals surface area contributed by atoms with Gasteiger partial charge in [0.05, 0.1) is 5.92 Å². The number of benzene rings is 1. The van der Waals surface area contributed by atoms with Gasteiger partial charge in [-0.15, -0.1) is 0 Å². The zero-order chi connectivity index (χ0) is 18.7. The molecule has 2 saturated heterocycles. The highest BCUT2D eigenvalue weighted by Crippen LogP contribution is 2.27. The molecule has 2 heterocycles. The van der Waals surface area contributed by atoms with E-state index in [1.54, 1.807) is 4.31 Å². The number of nitrogens with one attached hydrogen (secondary N) is 1. The molecule has 26 heavy (non-hydrogen) atoms. The highest BCUT2D eigenvalue weighted by atomic mass is 32.2. The summed E-state index contributed by atoms with van der Waals surface area (Å²) < 4.78 is 29.3. The molecule has 1 aromatic rings. The van der Waals surface area contributed by atoms with Crippen molar-refractivity contribution in [3.05, 3.63) is 30.3 Å². The normalized spacial score (nSPS) is 28.6. The summed E-state index contributed by atoms with van der Waals surface area (Å²) in [5.41, 5.74) is 0.746. The van der Waals surface area contributed by atoms with Crippen LogP contribution < -0.4 is 5.32 Å². The van der Waals surface area contributed by atoms with Crippen molar-refractivity contribution in [1.29, 1.82) is 0 Å². The summed E-state index contributed by atoms with van der Waals surface area (Å²) in [6.07, 6.45) is 2.50. The summed E-state index contributed by atoms with van der Waals surface area (Å²) in [5, 5.41) is 2.90. The van der Waals surface area contributed by atoms with Gasteiger partial charge in [0.1, 0.15) is 0 Å². The number of carbonyl (C=O) groups excluding carboxylic acids is 1. The first-order valence-electron chi connectivity index (χ1n) is 9.47. The van der Waals surface area contributed by atoms with E-state index in [9.17, 15) is 13.2 Å². The first-order chi connectivity index (χ1) is 12.4. The molecule has 1 aromatic carbocycles. The highest BCUT2D eigenvalue weighted by molar-refractivity contribution is 7.86. The maximum absolute atomic E-state index is 13.1. The van der Waals surface area contributed by atoms with Crippen molar-refractivity contribution in [2.24, 2.45) is 17.8 Å². The van der Waals surface area contributed by atoms with Gasteiger partial charge in [-0.1, -0.05) is 32.0 Å². The predicted octanol–water partition coefficient (Wildman–Crippen LogP) is 2.56. The number of piperidine rings is 2. The quantitative estimate of drug-likeness (QED) is 0.874. The molecular weight excluding hydrogens is 350 g/mol. The summed E-state index contributed by atoms with van der Waals surface area (Å²) in [5.74, 6) is 0.334. The van der Waals surface area contributed by atoms with Crippen LogP contribution in [0.3, 0.4) is 0 Å². The minimum absolute atomic E-state index is 0.100. The van der Waals surface area contributed by atoms with E-state index in [1.165, 1.54) is 4.31 Å². The van der Waals surface area contributed by atoms with Crippen molar-refractivity contribution in [1.82, 2.24) is 8.61 Å². The smallest absolute Gasteiger partial charge is 0.282 e. The molecule has 0 saturated carbocycles. The molecule has 2 fully saturated rings. The monoisotopic (exact) mass is 379 g/mol. The number of carbonyl (C=O) groups is 1. The number of amides is 1. The van der Waals surface area contributed by atoms with Crippen molar-refractivity contribution < 1.29 is 13.2 Å². The van der Waals surface area contributed by atoms with Gasteiger partial charge in [-0.3, -0.25) is 4.79 Å². The van der Waals surface area contributed by atoms with Crippen molar-refractivity contribution in [2.75, 3.05) is 31.5 Å². The minimum Gasteiger partial charge on any atom is -0.326 e. The standard InChI is InChI=1S/C19H29N3O3S/c1-15-11-16(2)13-22(12-15)26(24,25)21-10-6-7-17(14-21)19(23)20-18-8-4-3-5-9-18/h3-5,8-9,15-17H,6-7,10-14H2,1-2H3,(H,20,23). The lowest BCUT2D eigenvalue weighted by molar-refractivity contribution is -0.120. The fourth-order valence-corrected chi connectivity index (χ4v) is 6.03. The molecule has 3 rings (SSSR count). The SMILES string of the molecule is CC1CC(C)CN(S(=O)(=O)N2CCCC(C(=O)Nc3ccccc3)C2)C1. The molecular formula is C19H29N3O3S. The van der Waals surface area contributed by atoms with Gasteiger partial charge in [0, 0.05) is 31.9 Å². The molecule has 3 atom stereocenters. The molecule has 6 nitrogen and oxygen atoms in total. The first-order valence-corrected chi connectivity index (χ1v) is 10.9. The first kappa shape index (κ1) is 19.3. The molecule has 1 amide bonds. The van der Waals surface area contributed by atoms with E-state index >= 15 is 0 Å². The Bertz CT molecular complexity index is 713. The third-order valence-electron chi connectivity index (χ3n) is 5.28. The van der Waals surface area contributed by atoms with Crippen LogP contribution in [0.15, 0.2) is 30.3 Å². The van der Waals surface area contributed by atoms with Gasteiger partial charge in [0.2, 0.25) is 5.91 Å². The molecule has 0 aromatic heterocycles. The van der Waals surface area contributed by atoms with Crippen LogP contribution in [0.1, 0.15) is 33.1 Å². The molecule has 7 heteroatoms. The number of anilines is 1. The van der Waals surface area contributed by atoms with Gasteiger partial charge in [-0.05, 0) is 43.2 Å². The lowest BCUT2D eigenvalue weighted by Crippen LogP contribution is -2.53. The highest BCUT2D eigenvalue weighted by Gasteiger charge is 2.38. The number of hydrogen-bond acceptors (Lipinski definition) is 3. The van der Waals surface area contributed by atoms with Crippen LogP contribution >= 0.6 is 0 Å². The number of nitrogens with zero attached hydrogens (tertiary/aromatic N) is 2. The van der Waals surface area contributed by atoms with Gasteiger partial charge in [-0.25, -0.2) is 0 Å². The van der Waals surface area contributed by atoms with E-state index in [2.05, 4.69) is 19.2 Å². The van der Waals surface area contributed by atoms with Gasteiger partial charge >= 0.3 is 0 Å². The predicted molar refractivity (Wildman–Crippen MR) is 103 cm³/mol. The van der Waals surface area contributed by atoms with Crippen LogP contribution in [-0.2, 0) is 15.0 Å². The molecule has 0 aliphatic carbocycles. The van der Waals surface area contributed by atoms with Crippen molar-refractivity contribution >= 4 is 21.8 Å². The topological polar surface area (TPSA) is 69.7 Å². The molecule has 0 bridgehead atoms. The van der Waals surface area contributed by atoms with E-state index in [-0.39, 0.29) is 18.4 Å². The Morgan fingerprint density at radius 3 is 2.35 bits per heavy atom.